The van der Waals surface area contributed by atoms with E-state index in [4.69, 9.17) is 23.8 Å². The topological polar surface area (TPSA) is 125 Å². The Morgan fingerprint density at radius 1 is 0.217 bits per heavy atom. The predicted octanol–water partition coefficient (Wildman–Crippen LogP) is 29.8. The summed E-state index contributed by atoms with van der Waals surface area (Å²) in [5.41, 5.74) is 38.5. The summed E-state index contributed by atoms with van der Waals surface area (Å²) in [5, 5.41) is 11.0. The number of thiophene rings is 1. The lowest BCUT2D eigenvalue weighted by Crippen LogP contribution is -1.97. The van der Waals surface area contributed by atoms with Gasteiger partial charge in [0, 0.05) is 76.4 Å². The van der Waals surface area contributed by atoms with Crippen molar-refractivity contribution < 1.29 is 8.83 Å². The fraction of sp³-hybridized carbons (Fsp3) is 0. The Morgan fingerprint density at radius 3 is 1.12 bits per heavy atom. The van der Waals surface area contributed by atoms with Gasteiger partial charge in [0.1, 0.15) is 33.8 Å². The Balaban J connectivity index is 0.0000000944. The van der Waals surface area contributed by atoms with Crippen molar-refractivity contribution in [3.63, 3.8) is 0 Å². The third-order valence-corrected chi connectivity index (χ3v) is 30.0. The molecular formula is C119H70N16O2S. The molecule has 18 nitrogen and oxygen atoms in total. The molecule has 0 spiro atoms. The molecule has 0 saturated carbocycles. The number of para-hydroxylation sites is 21. The molecule has 0 aliphatic heterocycles. The maximum atomic E-state index is 6.56. The van der Waals surface area contributed by atoms with Crippen molar-refractivity contribution in [2.24, 2.45) is 0 Å². The van der Waals surface area contributed by atoms with E-state index in [1.54, 1.807) is 0 Å². The number of imidazole rings is 7. The summed E-state index contributed by atoms with van der Waals surface area (Å²) in [6.45, 7) is 0. The summed E-state index contributed by atoms with van der Waals surface area (Å²) in [7, 11) is 0. The Bertz CT molecular complexity index is 10800. The molecular weight excluding hydrogens is 1720 g/mol. The molecule has 0 saturated heterocycles. The zero-order valence-electron chi connectivity index (χ0n) is 73.3. The van der Waals surface area contributed by atoms with E-state index in [0.717, 1.165) is 134 Å². The molecule has 34 rings (SSSR count). The summed E-state index contributed by atoms with van der Waals surface area (Å²) in [6, 6.07) is 150. The number of rotatable bonds is 6. The van der Waals surface area contributed by atoms with Crippen LogP contribution >= 0.6 is 11.3 Å². The minimum atomic E-state index is 0.597. The average molecular weight is 1790 g/mol. The third kappa shape index (κ3) is 9.97. The highest BCUT2D eigenvalue weighted by atomic mass is 32.1. The predicted molar refractivity (Wildman–Crippen MR) is 563 cm³/mol. The van der Waals surface area contributed by atoms with Crippen LogP contribution in [0.4, 0.5) is 0 Å². The second kappa shape index (κ2) is 27.4. The summed E-state index contributed by atoms with van der Waals surface area (Å²) in [6.07, 6.45) is 1.96. The van der Waals surface area contributed by atoms with Gasteiger partial charge in [-0.05, 0) is 218 Å². The highest BCUT2D eigenvalue weighted by molar-refractivity contribution is 7.26. The number of hydrogen-bond acceptors (Lipinski definition) is 6. The van der Waals surface area contributed by atoms with Gasteiger partial charge in [0.05, 0.1) is 137 Å². The van der Waals surface area contributed by atoms with Crippen LogP contribution in [0, 0.1) is 0 Å². The molecule has 0 unspecified atom stereocenters. The van der Waals surface area contributed by atoms with Crippen LogP contribution in [0.5, 0.6) is 0 Å². The summed E-state index contributed by atoms with van der Waals surface area (Å²) in [4.78, 5) is 14.9. The van der Waals surface area contributed by atoms with Crippen LogP contribution in [0.25, 0.3) is 270 Å². The van der Waals surface area contributed by atoms with Crippen LogP contribution in [0.3, 0.4) is 0 Å². The minimum absolute atomic E-state index is 0.597. The largest absolute Gasteiger partial charge is 0.423 e. The zero-order chi connectivity index (χ0) is 89.5. The van der Waals surface area contributed by atoms with Gasteiger partial charge in [0.15, 0.2) is 17.0 Å². The van der Waals surface area contributed by atoms with Crippen molar-refractivity contribution in [1.29, 1.82) is 0 Å². The summed E-state index contributed by atoms with van der Waals surface area (Å²) in [5.74, 6) is 2.18. The number of benzene rings is 17. The fourth-order valence-corrected chi connectivity index (χ4v) is 24.3. The van der Waals surface area contributed by atoms with Crippen molar-refractivity contribution in [2.75, 3.05) is 0 Å². The second-order valence-corrected chi connectivity index (χ2v) is 37.1. The van der Waals surface area contributed by atoms with Gasteiger partial charge in [-0.25, -0.2) is 4.98 Å². The lowest BCUT2D eigenvalue weighted by molar-refractivity contribution is 0.641. The van der Waals surface area contributed by atoms with Gasteiger partial charge in [-0.1, -0.05) is 200 Å². The van der Waals surface area contributed by atoms with Gasteiger partial charge < -0.3 is 8.83 Å². The summed E-state index contributed by atoms with van der Waals surface area (Å²) >= 11 is 1.82. The van der Waals surface area contributed by atoms with E-state index in [9.17, 15) is 0 Å². The number of nitrogens with zero attached hydrogens (tertiary/aromatic N) is 16. The summed E-state index contributed by atoms with van der Waals surface area (Å²) < 4.78 is 45.5. The van der Waals surface area contributed by atoms with Gasteiger partial charge in [0.25, 0.3) is 0 Å². The lowest BCUT2D eigenvalue weighted by Gasteiger charge is -2.08. The van der Waals surface area contributed by atoms with Crippen LogP contribution in [-0.4, -0.2) is 73.2 Å². The number of oxazole rings is 2. The number of hydrogen-bond donors (Lipinski definition) is 0. The quantitative estimate of drug-likeness (QED) is 0.164. The third-order valence-electron chi connectivity index (χ3n) is 28.9. The van der Waals surface area contributed by atoms with Crippen molar-refractivity contribution >= 4 is 247 Å². The van der Waals surface area contributed by atoms with Crippen LogP contribution in [0.1, 0.15) is 0 Å². The van der Waals surface area contributed by atoms with Crippen LogP contribution in [0.15, 0.2) is 434 Å². The molecule has 0 bridgehead atoms. The van der Waals surface area contributed by atoms with Crippen molar-refractivity contribution in [2.45, 2.75) is 0 Å². The molecule has 0 fully saturated rings. The van der Waals surface area contributed by atoms with Gasteiger partial charge in [-0.2, -0.15) is 9.97 Å². The van der Waals surface area contributed by atoms with E-state index in [1.807, 2.05) is 53.9 Å². The molecule has 0 aliphatic rings. The van der Waals surface area contributed by atoms with Crippen LogP contribution in [-0.2, 0) is 0 Å². The smallest absolute Gasteiger partial charge is 0.307 e. The molecule has 0 atom stereocenters. The number of fused-ring (bicyclic) bond motifs is 41. The molecule has 0 amide bonds. The molecule has 0 radical (unpaired) electrons. The average Bonchev–Trinajstić information content (AvgIpc) is 1.54. The van der Waals surface area contributed by atoms with E-state index in [1.165, 1.54) is 124 Å². The first-order valence-electron chi connectivity index (χ1n) is 46.5. The Kier molecular flexibility index (Phi) is 14.7. The second-order valence-electron chi connectivity index (χ2n) is 36.0. The Hall–Kier alpha value is -18.9. The van der Waals surface area contributed by atoms with E-state index in [2.05, 4.69) is 440 Å². The fourth-order valence-electron chi connectivity index (χ4n) is 23.2. The van der Waals surface area contributed by atoms with Gasteiger partial charge >= 0.3 is 11.7 Å². The highest BCUT2D eigenvalue weighted by Crippen LogP contribution is 2.46. The maximum Gasteiger partial charge on any atom is 0.307 e. The van der Waals surface area contributed by atoms with Crippen molar-refractivity contribution in [1.82, 2.24) is 73.2 Å². The monoisotopic (exact) mass is 1790 g/mol. The van der Waals surface area contributed by atoms with Crippen LogP contribution < -0.4 is 0 Å². The van der Waals surface area contributed by atoms with E-state index >= 15 is 0 Å². The number of aromatic nitrogens is 16. The van der Waals surface area contributed by atoms with Gasteiger partial charge in [0.2, 0.25) is 0 Å². The van der Waals surface area contributed by atoms with Gasteiger partial charge in [-0.15, -0.1) is 11.3 Å². The zero-order valence-corrected chi connectivity index (χ0v) is 74.1. The number of pyridine rings is 1. The Morgan fingerprint density at radius 2 is 0.594 bits per heavy atom. The Labute approximate surface area is 782 Å². The standard InChI is InChI=1S/2C41H24N6O.C37H22N4S/c1-3-12-29-25(10-1)22-38-43(31-14-5-6-15-32(31)44(29)38)27-21-20-26-23-39-45(33-16-7-8-17-34(33)46(39)37(26)24-27)35-18-9-19-36-40(35)48-41-42-28-11-2-4-13-30(28)47(36)41;1-2-11-28-25(10-1)22-38-43(29-12-3-4-13-30(29)44(28)38)27-21-20-26-23-39-45(31-14-5-6-15-32(31)46(39)36(26)24-27)34-17-9-18-35-40(34)42-41-47(35)33-16-7-8-19-37(33)48-41;1-4-12-29-23(9-1)21-35-39(32-15-7-8-16-33(32)40(29)35)24-17-18-34-28(22-24)27-19-20-38-37(36(27)42-34)41-30-13-5-2-10-25(30)26-11-3-6-14-31(26)41/h2*1-24H;1-22H. The van der Waals surface area contributed by atoms with Crippen LogP contribution in [0.2, 0.25) is 0 Å². The first-order valence-corrected chi connectivity index (χ1v) is 47.3. The molecule has 17 aromatic carbocycles. The maximum absolute atomic E-state index is 6.56. The minimum Gasteiger partial charge on any atom is -0.423 e. The molecule has 17 heterocycles. The molecule has 19 heteroatoms. The molecule has 17 aromatic heterocycles. The molecule has 0 N–H and O–H groups in total. The van der Waals surface area contributed by atoms with Gasteiger partial charge in [-0.3, -0.25) is 58.2 Å². The highest BCUT2D eigenvalue weighted by Gasteiger charge is 2.29. The van der Waals surface area contributed by atoms with Crippen molar-refractivity contribution in [3.8, 4) is 34.3 Å². The molecule has 34 aromatic rings. The first-order chi connectivity index (χ1) is 68.5. The molecule has 644 valence electrons. The normalized spacial score (nSPS) is 12.5. The lowest BCUT2D eigenvalue weighted by atomic mass is 10.1. The van der Waals surface area contributed by atoms with Crippen molar-refractivity contribution in [3.05, 3.63) is 425 Å². The van der Waals surface area contributed by atoms with E-state index in [-0.39, 0.29) is 0 Å². The first kappa shape index (κ1) is 73.8. The molecule has 138 heavy (non-hydrogen) atoms. The van der Waals surface area contributed by atoms with E-state index in [0.29, 0.717) is 11.7 Å². The SMILES string of the molecule is c1ccc2c(c1)cc1n(-c3ccc4cc5n(-c6cccc7c6nc6oc8ccccc8n67)c6ccccc6n5c4c3)c3ccccc3n21.c1ccc2c(c1)cc1n(-c3ccc4cc5n(-c6cccc7c6oc6nc8ccccc8n67)c6ccccc6n5c4c3)c3ccccc3n21.c1ccc2c(c1)cc1n(-c3ccc4sc5c(-n6c7ccccc7c7ccccc76)nccc5c4c3)c3ccccc3n21. The molecule has 0 aliphatic carbocycles. The van der Waals surface area contributed by atoms with E-state index < -0.39 is 0 Å².